The molecule has 38 heavy (non-hydrogen) atoms. The highest BCUT2D eigenvalue weighted by Crippen LogP contribution is 2.43. The van der Waals surface area contributed by atoms with E-state index in [9.17, 15) is 4.79 Å². The summed E-state index contributed by atoms with van der Waals surface area (Å²) in [7, 11) is 0. The molecule has 4 aromatic rings. The van der Waals surface area contributed by atoms with E-state index < -0.39 is 0 Å². The normalized spacial score (nSPS) is 15.8. The Morgan fingerprint density at radius 1 is 1.13 bits per heavy atom. The van der Waals surface area contributed by atoms with Crippen molar-refractivity contribution in [2.45, 2.75) is 62.9 Å². The first kappa shape index (κ1) is 24.5. The zero-order chi connectivity index (χ0) is 26.2. The highest BCUT2D eigenvalue weighted by molar-refractivity contribution is 7.99. The quantitative estimate of drug-likeness (QED) is 0.300. The van der Waals surface area contributed by atoms with Crippen molar-refractivity contribution in [3.8, 4) is 17.5 Å². The van der Waals surface area contributed by atoms with Crippen LogP contribution in [0.3, 0.4) is 0 Å². The third-order valence-corrected chi connectivity index (χ3v) is 8.16. The molecule has 192 valence electrons. The van der Waals surface area contributed by atoms with Crippen molar-refractivity contribution in [2.24, 2.45) is 5.92 Å². The van der Waals surface area contributed by atoms with Gasteiger partial charge in [-0.25, -0.2) is 24.9 Å². The number of rotatable bonds is 9. The van der Waals surface area contributed by atoms with E-state index in [-0.39, 0.29) is 11.6 Å². The molecule has 1 N–H and O–H groups in total. The number of anilines is 1. The molecule has 2 fully saturated rings. The van der Waals surface area contributed by atoms with Crippen LogP contribution in [0.15, 0.2) is 46.5 Å². The second-order valence-electron chi connectivity index (χ2n) is 10.1. The summed E-state index contributed by atoms with van der Waals surface area (Å²) in [4.78, 5) is 38.0. The molecule has 0 bridgehead atoms. The summed E-state index contributed by atoms with van der Waals surface area (Å²) in [6.07, 6.45) is 7.74. The van der Waals surface area contributed by atoms with Crippen LogP contribution in [0.4, 0.5) is 5.82 Å². The Labute approximate surface area is 224 Å². The third kappa shape index (κ3) is 4.86. The van der Waals surface area contributed by atoms with Crippen molar-refractivity contribution in [3.05, 3.63) is 64.1 Å². The number of aromatic nitrogens is 6. The van der Waals surface area contributed by atoms with Crippen LogP contribution in [0.25, 0.3) is 22.6 Å². The van der Waals surface area contributed by atoms with E-state index in [0.29, 0.717) is 46.9 Å². The maximum Gasteiger partial charge on any atom is 0.295 e. The van der Waals surface area contributed by atoms with Crippen molar-refractivity contribution in [1.82, 2.24) is 29.5 Å². The molecule has 0 unspecified atom stereocenters. The Bertz CT molecular complexity index is 1600. The van der Waals surface area contributed by atoms with E-state index in [1.165, 1.54) is 11.8 Å². The first-order valence-corrected chi connectivity index (χ1v) is 14.0. The maximum atomic E-state index is 13.8. The van der Waals surface area contributed by atoms with Crippen LogP contribution in [-0.4, -0.2) is 35.2 Å². The summed E-state index contributed by atoms with van der Waals surface area (Å²) in [5.74, 6) is 2.13. The largest absolute Gasteiger partial charge is 0.361 e. The highest BCUT2D eigenvalue weighted by atomic mass is 32.2. The third-order valence-electron chi connectivity index (χ3n) is 7.28. The van der Waals surface area contributed by atoms with E-state index in [4.69, 9.17) is 10.2 Å². The summed E-state index contributed by atoms with van der Waals surface area (Å²) >= 11 is 1.50. The lowest BCUT2D eigenvalue weighted by atomic mass is 10.1. The molecule has 9 nitrogen and oxygen atoms in total. The molecule has 3 aromatic heterocycles. The fourth-order valence-corrected chi connectivity index (χ4v) is 5.40. The standard InChI is InChI=1S/C28H28N8OS/c1-16-23(24(20-7-8-20)33-15-32-16)25-31-14-22-27(35-25)36(17(2)19-5-6-19)28(37)26(34-22)30-13-18-3-9-21(10-4-18)38-12-11-29/h3-4,9-10,14-15,17,19-20H,5-8,12-13H2,1-2H3,(H,30,34)/t17-/m0/s1. The maximum absolute atomic E-state index is 13.8. The molecule has 0 spiro atoms. The first-order valence-electron chi connectivity index (χ1n) is 13.0. The zero-order valence-corrected chi connectivity index (χ0v) is 22.2. The number of nitrogens with one attached hydrogen (secondary N) is 1. The molecule has 1 atom stereocenters. The molecule has 2 aliphatic carbocycles. The van der Waals surface area contributed by atoms with E-state index in [1.807, 2.05) is 31.2 Å². The number of benzene rings is 1. The number of thioether (sulfide) groups is 1. The Balaban J connectivity index is 1.37. The van der Waals surface area contributed by atoms with Gasteiger partial charge in [-0.2, -0.15) is 5.26 Å². The van der Waals surface area contributed by atoms with Gasteiger partial charge in [-0.05, 0) is 63.1 Å². The van der Waals surface area contributed by atoms with Gasteiger partial charge in [0.1, 0.15) is 11.8 Å². The van der Waals surface area contributed by atoms with Crippen LogP contribution < -0.4 is 10.9 Å². The number of hydrogen-bond donors (Lipinski definition) is 1. The Hall–Kier alpha value is -3.84. The summed E-state index contributed by atoms with van der Waals surface area (Å²) in [6.45, 7) is 4.50. The Kier molecular flexibility index (Phi) is 6.54. The van der Waals surface area contributed by atoms with E-state index in [0.717, 1.165) is 53.1 Å². The molecule has 0 aliphatic heterocycles. The minimum absolute atomic E-state index is 0.00349. The monoisotopic (exact) mass is 524 g/mol. The average Bonchev–Trinajstić information content (AvgIpc) is 3.84. The molecule has 1 aromatic carbocycles. The van der Waals surface area contributed by atoms with Crippen molar-refractivity contribution >= 4 is 28.7 Å². The van der Waals surface area contributed by atoms with Gasteiger partial charge in [0.2, 0.25) is 0 Å². The lowest BCUT2D eigenvalue weighted by Gasteiger charge is -2.19. The molecular weight excluding hydrogens is 496 g/mol. The van der Waals surface area contributed by atoms with Crippen LogP contribution in [-0.2, 0) is 6.54 Å². The lowest BCUT2D eigenvalue weighted by molar-refractivity contribution is 0.482. The predicted molar refractivity (Wildman–Crippen MR) is 147 cm³/mol. The highest BCUT2D eigenvalue weighted by Gasteiger charge is 2.33. The van der Waals surface area contributed by atoms with Crippen LogP contribution in [0.1, 0.15) is 61.5 Å². The van der Waals surface area contributed by atoms with Gasteiger partial charge in [0.15, 0.2) is 17.3 Å². The SMILES string of the molecule is Cc1ncnc(C2CC2)c1-c1ncc2nc(NCc3ccc(SCC#N)cc3)c(=O)n([C@@H](C)C3CC3)c2n1. The van der Waals surface area contributed by atoms with E-state index in [2.05, 4.69) is 38.2 Å². The molecule has 0 radical (unpaired) electrons. The summed E-state index contributed by atoms with van der Waals surface area (Å²) < 4.78 is 1.80. The molecular formula is C28H28N8OS. The summed E-state index contributed by atoms with van der Waals surface area (Å²) in [6, 6.07) is 10.1. The molecule has 6 rings (SSSR count). The van der Waals surface area contributed by atoms with Crippen LogP contribution in [0, 0.1) is 24.2 Å². The lowest BCUT2D eigenvalue weighted by Crippen LogP contribution is -2.29. The fourth-order valence-electron chi connectivity index (χ4n) is 4.84. The summed E-state index contributed by atoms with van der Waals surface area (Å²) in [5.41, 5.74) is 4.67. The Morgan fingerprint density at radius 3 is 2.63 bits per heavy atom. The zero-order valence-electron chi connectivity index (χ0n) is 21.4. The number of hydrogen-bond acceptors (Lipinski definition) is 9. The van der Waals surface area contributed by atoms with Gasteiger partial charge in [-0.3, -0.25) is 9.36 Å². The fraction of sp³-hybridized carbons (Fsp3) is 0.393. The number of nitriles is 1. The number of fused-ring (bicyclic) bond motifs is 1. The van der Waals surface area contributed by atoms with Gasteiger partial charge in [0, 0.05) is 23.4 Å². The van der Waals surface area contributed by atoms with Crippen molar-refractivity contribution in [1.29, 1.82) is 5.26 Å². The second-order valence-corrected chi connectivity index (χ2v) is 11.1. The van der Waals surface area contributed by atoms with Crippen molar-refractivity contribution < 1.29 is 0 Å². The molecule has 10 heteroatoms. The molecule has 2 saturated carbocycles. The smallest absolute Gasteiger partial charge is 0.295 e. The van der Waals surface area contributed by atoms with Crippen LogP contribution in [0.5, 0.6) is 0 Å². The topological polar surface area (TPSA) is 122 Å². The molecule has 0 amide bonds. The van der Waals surface area contributed by atoms with E-state index >= 15 is 0 Å². The van der Waals surface area contributed by atoms with Gasteiger partial charge in [-0.1, -0.05) is 12.1 Å². The first-order chi connectivity index (χ1) is 18.5. The number of aryl methyl sites for hydroxylation is 1. The molecule has 2 aliphatic rings. The van der Waals surface area contributed by atoms with Gasteiger partial charge < -0.3 is 5.32 Å². The van der Waals surface area contributed by atoms with E-state index in [1.54, 1.807) is 17.1 Å². The number of nitrogens with zero attached hydrogens (tertiary/aromatic N) is 7. The van der Waals surface area contributed by atoms with Gasteiger partial charge in [0.05, 0.1) is 35.0 Å². The van der Waals surface area contributed by atoms with Crippen LogP contribution in [0.2, 0.25) is 0 Å². The van der Waals surface area contributed by atoms with Gasteiger partial charge in [-0.15, -0.1) is 11.8 Å². The van der Waals surface area contributed by atoms with Crippen molar-refractivity contribution in [2.75, 3.05) is 11.1 Å². The predicted octanol–water partition coefficient (Wildman–Crippen LogP) is 5.03. The average molecular weight is 525 g/mol. The summed E-state index contributed by atoms with van der Waals surface area (Å²) in [5, 5.41) is 12.0. The molecule has 3 heterocycles. The second kappa shape index (κ2) is 10.1. The van der Waals surface area contributed by atoms with Gasteiger partial charge in [0.25, 0.3) is 5.56 Å². The Morgan fingerprint density at radius 2 is 1.92 bits per heavy atom. The minimum Gasteiger partial charge on any atom is -0.361 e. The molecule has 0 saturated heterocycles. The van der Waals surface area contributed by atoms with Crippen molar-refractivity contribution in [3.63, 3.8) is 0 Å². The minimum atomic E-state index is -0.175. The van der Waals surface area contributed by atoms with Crippen LogP contribution >= 0.6 is 11.8 Å². The van der Waals surface area contributed by atoms with Gasteiger partial charge >= 0.3 is 0 Å².